The van der Waals surface area contributed by atoms with Gasteiger partial charge in [0.2, 0.25) is 0 Å². The fourth-order valence-electron chi connectivity index (χ4n) is 2.80. The molecule has 0 amide bonds. The lowest BCUT2D eigenvalue weighted by atomic mass is 9.99. The van der Waals surface area contributed by atoms with Crippen LogP contribution in [0, 0.1) is 17.2 Å². The lowest BCUT2D eigenvalue weighted by molar-refractivity contribution is 0.0858. The van der Waals surface area contributed by atoms with Crippen molar-refractivity contribution < 1.29 is 4.74 Å². The minimum absolute atomic E-state index is 0.0251. The van der Waals surface area contributed by atoms with Gasteiger partial charge < -0.3 is 10.1 Å². The molecule has 7 heteroatoms. The highest BCUT2D eigenvalue weighted by Crippen LogP contribution is 2.34. The lowest BCUT2D eigenvalue weighted by Gasteiger charge is -2.20. The van der Waals surface area contributed by atoms with Gasteiger partial charge in [-0.2, -0.15) is 10.4 Å². The van der Waals surface area contributed by atoms with Gasteiger partial charge in [0.15, 0.2) is 11.5 Å². The molecule has 1 saturated heterocycles. The van der Waals surface area contributed by atoms with E-state index in [9.17, 15) is 0 Å². The van der Waals surface area contributed by atoms with Crippen LogP contribution in [0.5, 0.6) is 0 Å². The molecule has 0 radical (unpaired) electrons. The number of rotatable bonds is 5. The fourth-order valence-corrected chi connectivity index (χ4v) is 2.80. The number of aromatic nitrogens is 4. The van der Waals surface area contributed by atoms with E-state index in [-0.39, 0.29) is 6.10 Å². The van der Waals surface area contributed by atoms with E-state index in [2.05, 4.69) is 27.3 Å². The highest BCUT2D eigenvalue weighted by Gasteiger charge is 2.31. The second-order valence-electron chi connectivity index (χ2n) is 5.16. The molecule has 114 valence electrons. The van der Waals surface area contributed by atoms with Gasteiger partial charge in [-0.1, -0.05) is 0 Å². The second-order valence-corrected chi connectivity index (χ2v) is 5.16. The number of hydrogen-bond acceptors (Lipinski definition) is 6. The van der Waals surface area contributed by atoms with Gasteiger partial charge in [-0.05, 0) is 19.4 Å². The summed E-state index contributed by atoms with van der Waals surface area (Å²) in [4.78, 5) is 8.18. The van der Waals surface area contributed by atoms with Crippen molar-refractivity contribution in [1.82, 2.24) is 19.7 Å². The van der Waals surface area contributed by atoms with Gasteiger partial charge in [0.05, 0.1) is 5.69 Å². The first-order valence-corrected chi connectivity index (χ1v) is 7.41. The maximum absolute atomic E-state index is 9.05. The van der Waals surface area contributed by atoms with Crippen molar-refractivity contribution in [3.63, 3.8) is 0 Å². The highest BCUT2D eigenvalue weighted by molar-refractivity contribution is 5.46. The van der Waals surface area contributed by atoms with Crippen LogP contribution in [0.3, 0.4) is 0 Å². The Kier molecular flexibility index (Phi) is 4.30. The van der Waals surface area contributed by atoms with E-state index in [1.807, 2.05) is 23.0 Å². The van der Waals surface area contributed by atoms with Crippen molar-refractivity contribution in [2.75, 3.05) is 18.5 Å². The summed E-state index contributed by atoms with van der Waals surface area (Å²) in [5, 5.41) is 16.6. The number of nitriles is 1. The number of nitrogens with zero attached hydrogens (tertiary/aromatic N) is 5. The van der Waals surface area contributed by atoms with Crippen LogP contribution in [-0.2, 0) is 11.3 Å². The van der Waals surface area contributed by atoms with Crippen molar-refractivity contribution in [2.45, 2.75) is 26.0 Å². The second kappa shape index (κ2) is 6.54. The van der Waals surface area contributed by atoms with Crippen LogP contribution in [0.25, 0.3) is 0 Å². The smallest absolute Gasteiger partial charge is 0.182 e. The molecule has 0 spiro atoms. The minimum Gasteiger partial charge on any atom is -0.372 e. The lowest BCUT2D eigenvalue weighted by Crippen LogP contribution is -2.21. The SMILES string of the molecule is CCn1nccc1[C@@H]1OCC[C@H]1CNc1nccnc1C#N. The molecule has 7 nitrogen and oxygen atoms in total. The Morgan fingerprint density at radius 3 is 3.09 bits per heavy atom. The summed E-state index contributed by atoms with van der Waals surface area (Å²) in [5.41, 5.74) is 1.42. The molecule has 2 aromatic heterocycles. The first-order chi connectivity index (χ1) is 10.8. The summed E-state index contributed by atoms with van der Waals surface area (Å²) in [6.45, 7) is 4.31. The molecule has 0 saturated carbocycles. The predicted molar refractivity (Wildman–Crippen MR) is 79.9 cm³/mol. The molecule has 1 fully saturated rings. The van der Waals surface area contributed by atoms with Gasteiger partial charge in [0.25, 0.3) is 0 Å². The number of aryl methyl sites for hydroxylation is 1. The Bertz CT molecular complexity index is 677. The summed E-state index contributed by atoms with van der Waals surface area (Å²) in [6.07, 6.45) is 5.90. The molecule has 22 heavy (non-hydrogen) atoms. The highest BCUT2D eigenvalue weighted by atomic mass is 16.5. The fraction of sp³-hybridized carbons (Fsp3) is 0.467. The molecule has 1 aliphatic rings. The van der Waals surface area contributed by atoms with Crippen molar-refractivity contribution in [3.8, 4) is 6.07 Å². The average molecular weight is 298 g/mol. The van der Waals surface area contributed by atoms with Crippen molar-refractivity contribution in [3.05, 3.63) is 36.0 Å². The zero-order valence-electron chi connectivity index (χ0n) is 12.4. The standard InChI is InChI=1S/C15H18N6O/c1-2-21-13(3-5-20-21)14-11(4-8-22-14)10-19-15-12(9-16)17-6-7-18-15/h3,5-7,11,14H,2,4,8,10H2,1H3,(H,18,19)/t11-,14+/m0/s1. The van der Waals surface area contributed by atoms with E-state index in [4.69, 9.17) is 10.00 Å². The molecule has 2 atom stereocenters. The van der Waals surface area contributed by atoms with Gasteiger partial charge in [-0.15, -0.1) is 0 Å². The van der Waals surface area contributed by atoms with Crippen molar-refractivity contribution in [2.24, 2.45) is 5.92 Å². The predicted octanol–water partition coefficient (Wildman–Crippen LogP) is 1.75. The van der Waals surface area contributed by atoms with E-state index in [1.54, 1.807) is 6.20 Å². The van der Waals surface area contributed by atoms with Gasteiger partial charge >= 0.3 is 0 Å². The first-order valence-electron chi connectivity index (χ1n) is 7.41. The number of hydrogen-bond donors (Lipinski definition) is 1. The number of ether oxygens (including phenoxy) is 1. The third-order valence-electron chi connectivity index (χ3n) is 3.89. The molecule has 3 heterocycles. The van der Waals surface area contributed by atoms with E-state index >= 15 is 0 Å². The molecule has 0 bridgehead atoms. The summed E-state index contributed by atoms with van der Waals surface area (Å²) < 4.78 is 7.86. The zero-order chi connectivity index (χ0) is 15.4. The maximum Gasteiger partial charge on any atom is 0.182 e. The normalized spacial score (nSPS) is 20.7. The van der Waals surface area contributed by atoms with E-state index in [1.165, 1.54) is 6.20 Å². The summed E-state index contributed by atoms with van der Waals surface area (Å²) in [6, 6.07) is 4.06. The number of anilines is 1. The monoisotopic (exact) mass is 298 g/mol. The van der Waals surface area contributed by atoms with Gasteiger partial charge in [-0.3, -0.25) is 4.68 Å². The zero-order valence-corrected chi connectivity index (χ0v) is 12.4. The third-order valence-corrected chi connectivity index (χ3v) is 3.89. The molecular weight excluding hydrogens is 280 g/mol. The van der Waals surface area contributed by atoms with E-state index < -0.39 is 0 Å². The van der Waals surface area contributed by atoms with Crippen molar-refractivity contribution >= 4 is 5.82 Å². The molecule has 0 aliphatic carbocycles. The van der Waals surface area contributed by atoms with Crippen LogP contribution in [0.4, 0.5) is 5.82 Å². The van der Waals surface area contributed by atoms with E-state index in [0.717, 1.165) is 25.3 Å². The Hall–Kier alpha value is -2.46. The Morgan fingerprint density at radius 1 is 1.41 bits per heavy atom. The minimum atomic E-state index is 0.0251. The Labute approximate surface area is 129 Å². The number of nitrogens with one attached hydrogen (secondary N) is 1. The van der Waals surface area contributed by atoms with Gasteiger partial charge in [0.1, 0.15) is 12.2 Å². The molecule has 3 rings (SSSR count). The summed E-state index contributed by atoms with van der Waals surface area (Å²) >= 11 is 0. The Balaban J connectivity index is 1.71. The molecular formula is C15H18N6O. The average Bonchev–Trinajstić information content (AvgIpc) is 3.21. The molecule has 0 aromatic carbocycles. The van der Waals surface area contributed by atoms with Crippen LogP contribution >= 0.6 is 0 Å². The molecule has 1 aliphatic heterocycles. The largest absolute Gasteiger partial charge is 0.372 e. The molecule has 2 aromatic rings. The molecule has 1 N–H and O–H groups in total. The van der Waals surface area contributed by atoms with Crippen LogP contribution < -0.4 is 5.32 Å². The van der Waals surface area contributed by atoms with Crippen molar-refractivity contribution in [1.29, 1.82) is 5.26 Å². The van der Waals surface area contributed by atoms with Gasteiger partial charge in [0, 0.05) is 44.2 Å². The van der Waals surface area contributed by atoms with Crippen LogP contribution in [0.1, 0.15) is 30.8 Å². The topological polar surface area (TPSA) is 88.7 Å². The summed E-state index contributed by atoms with van der Waals surface area (Å²) in [5.74, 6) is 0.843. The van der Waals surface area contributed by atoms with Crippen LogP contribution in [0.15, 0.2) is 24.7 Å². The van der Waals surface area contributed by atoms with E-state index in [0.29, 0.717) is 24.0 Å². The maximum atomic E-state index is 9.05. The summed E-state index contributed by atoms with van der Waals surface area (Å²) in [7, 11) is 0. The molecule has 0 unspecified atom stereocenters. The van der Waals surface area contributed by atoms with Crippen LogP contribution in [0.2, 0.25) is 0 Å². The van der Waals surface area contributed by atoms with Crippen LogP contribution in [-0.4, -0.2) is 32.9 Å². The third kappa shape index (κ3) is 2.78. The quantitative estimate of drug-likeness (QED) is 0.904. The Morgan fingerprint density at radius 2 is 2.27 bits per heavy atom. The first kappa shape index (κ1) is 14.5. The van der Waals surface area contributed by atoms with Gasteiger partial charge in [-0.25, -0.2) is 9.97 Å².